The van der Waals surface area contributed by atoms with Crippen LogP contribution in [0, 0.1) is 5.41 Å². The van der Waals surface area contributed by atoms with Gasteiger partial charge in [0.2, 0.25) is 0 Å². The molecule has 0 atom stereocenters. The largest absolute Gasteiger partial charge is 0.435 e. The van der Waals surface area contributed by atoms with Crippen LogP contribution in [-0.2, 0) is 9.84 Å². The Hall–Kier alpha value is -3.12. The summed E-state index contributed by atoms with van der Waals surface area (Å²) < 4.78 is 52.6. The van der Waals surface area contributed by atoms with Crippen LogP contribution in [0.4, 0.5) is 14.5 Å². The Morgan fingerprint density at radius 2 is 1.97 bits per heavy atom. The molecule has 1 saturated heterocycles. The van der Waals surface area contributed by atoms with Crippen molar-refractivity contribution < 1.29 is 31.8 Å². The van der Waals surface area contributed by atoms with Gasteiger partial charge in [-0.3, -0.25) is 15.2 Å². The Balaban J connectivity index is 1.90. The van der Waals surface area contributed by atoms with Gasteiger partial charge in [-0.1, -0.05) is 12.1 Å². The normalized spacial score (nSPS) is 16.4. The number of hydrogen-bond donors (Lipinski definition) is 4. The van der Waals surface area contributed by atoms with Gasteiger partial charge >= 0.3 is 6.61 Å². The molecule has 9 nitrogen and oxygen atoms in total. The molecule has 34 heavy (non-hydrogen) atoms. The van der Waals surface area contributed by atoms with Crippen LogP contribution in [-0.4, -0.2) is 65.9 Å². The van der Waals surface area contributed by atoms with Crippen LogP contribution in [0.1, 0.15) is 42.4 Å². The number of ether oxygens (including phenoxy) is 1. The van der Waals surface area contributed by atoms with Gasteiger partial charge in [0.25, 0.3) is 5.91 Å². The SMILES string of the molecule is CC(C)(O)CNc1cc(C(=O)NC2(C)CS(=O)(=O)C2)cnc1C(=N)c1cccc(OC(F)F)c1. The summed E-state index contributed by atoms with van der Waals surface area (Å²) in [4.78, 5) is 17.0. The van der Waals surface area contributed by atoms with Gasteiger partial charge in [-0.15, -0.1) is 0 Å². The predicted octanol–water partition coefficient (Wildman–Crippen LogP) is 2.20. The van der Waals surface area contributed by atoms with Crippen molar-refractivity contribution in [2.75, 3.05) is 23.4 Å². The number of nitrogens with zero attached hydrogens (tertiary/aromatic N) is 1. The fraction of sp³-hybridized carbons (Fsp3) is 0.409. The number of amides is 1. The number of halogens is 2. The highest BCUT2D eigenvalue weighted by Gasteiger charge is 2.45. The number of anilines is 1. The third kappa shape index (κ3) is 6.48. The molecule has 1 fully saturated rings. The van der Waals surface area contributed by atoms with Crippen LogP contribution in [0.2, 0.25) is 0 Å². The molecule has 12 heteroatoms. The highest BCUT2D eigenvalue weighted by atomic mass is 32.2. The Kier molecular flexibility index (Phi) is 6.94. The molecule has 1 amide bonds. The van der Waals surface area contributed by atoms with E-state index in [0.717, 1.165) is 0 Å². The Labute approximate surface area is 196 Å². The number of aliphatic hydroxyl groups is 1. The number of hydrogen-bond acceptors (Lipinski definition) is 8. The van der Waals surface area contributed by atoms with Crippen molar-refractivity contribution in [3.05, 3.63) is 53.3 Å². The maximum Gasteiger partial charge on any atom is 0.387 e. The lowest BCUT2D eigenvalue weighted by Crippen LogP contribution is -2.63. The topological polar surface area (TPSA) is 141 Å². The first-order chi connectivity index (χ1) is 15.7. The molecule has 4 N–H and O–H groups in total. The molecular formula is C22H26F2N4O5S. The molecule has 3 rings (SSSR count). The molecular weight excluding hydrogens is 470 g/mol. The van der Waals surface area contributed by atoms with E-state index >= 15 is 0 Å². The van der Waals surface area contributed by atoms with Crippen molar-refractivity contribution >= 4 is 27.1 Å². The number of sulfone groups is 1. The minimum absolute atomic E-state index is 0.0600. The Morgan fingerprint density at radius 3 is 2.56 bits per heavy atom. The first kappa shape index (κ1) is 25.5. The molecule has 0 radical (unpaired) electrons. The highest BCUT2D eigenvalue weighted by molar-refractivity contribution is 7.93. The number of rotatable bonds is 9. The van der Waals surface area contributed by atoms with E-state index in [-0.39, 0.29) is 52.0 Å². The minimum Gasteiger partial charge on any atom is -0.435 e. The molecule has 184 valence electrons. The number of nitrogens with one attached hydrogen (secondary N) is 3. The monoisotopic (exact) mass is 496 g/mol. The molecule has 2 heterocycles. The number of benzene rings is 1. The fourth-order valence-electron chi connectivity index (χ4n) is 3.55. The Bertz CT molecular complexity index is 1200. The lowest BCUT2D eigenvalue weighted by atomic mass is 10.0. The van der Waals surface area contributed by atoms with Crippen molar-refractivity contribution in [1.29, 1.82) is 5.41 Å². The third-order valence-electron chi connectivity index (χ3n) is 4.94. The van der Waals surface area contributed by atoms with Gasteiger partial charge in [0.1, 0.15) is 11.4 Å². The quantitative estimate of drug-likeness (QED) is 0.390. The number of aromatic nitrogens is 1. The van der Waals surface area contributed by atoms with Crippen LogP contribution < -0.4 is 15.4 Å². The van der Waals surface area contributed by atoms with Gasteiger partial charge in [-0.25, -0.2) is 8.42 Å². The molecule has 0 bridgehead atoms. The highest BCUT2D eigenvalue weighted by Crippen LogP contribution is 2.25. The molecule has 1 aliphatic rings. The van der Waals surface area contributed by atoms with Gasteiger partial charge in [-0.05, 0) is 39.0 Å². The van der Waals surface area contributed by atoms with Crippen LogP contribution in [0.25, 0.3) is 0 Å². The van der Waals surface area contributed by atoms with Gasteiger partial charge in [0.05, 0.1) is 39.6 Å². The molecule has 1 aliphatic heterocycles. The van der Waals surface area contributed by atoms with Crippen LogP contribution in [0.5, 0.6) is 5.75 Å². The zero-order valence-electron chi connectivity index (χ0n) is 18.9. The first-order valence-electron chi connectivity index (χ1n) is 10.3. The van der Waals surface area contributed by atoms with E-state index in [1.54, 1.807) is 20.8 Å². The second kappa shape index (κ2) is 9.26. The third-order valence-corrected chi connectivity index (χ3v) is 7.09. The van der Waals surface area contributed by atoms with Crippen molar-refractivity contribution in [1.82, 2.24) is 10.3 Å². The lowest BCUT2D eigenvalue weighted by Gasteiger charge is -2.38. The van der Waals surface area contributed by atoms with Crippen molar-refractivity contribution in [3.63, 3.8) is 0 Å². The van der Waals surface area contributed by atoms with Gasteiger partial charge in [-0.2, -0.15) is 8.78 Å². The standard InChI is InChI=1S/C22H26F2N4O5S/c1-21(2,30)10-27-16-8-14(19(29)28-22(3)11-34(31,32)12-22)9-26-18(16)17(25)13-5-4-6-15(7-13)33-20(23)24/h4-9,20,25,27,30H,10-12H2,1-3H3,(H,28,29). The summed E-state index contributed by atoms with van der Waals surface area (Å²) in [5.74, 6) is -0.990. The zero-order valence-corrected chi connectivity index (χ0v) is 19.7. The zero-order chi connectivity index (χ0) is 25.3. The number of pyridine rings is 1. The van der Waals surface area contributed by atoms with E-state index in [1.807, 2.05) is 0 Å². The smallest absolute Gasteiger partial charge is 0.387 e. The van der Waals surface area contributed by atoms with E-state index < -0.39 is 33.5 Å². The summed E-state index contributed by atoms with van der Waals surface area (Å²) in [6.07, 6.45) is 1.24. The van der Waals surface area contributed by atoms with Crippen molar-refractivity contribution in [3.8, 4) is 5.75 Å². The molecule has 2 aromatic rings. The molecule has 1 aromatic carbocycles. The maximum absolute atomic E-state index is 12.8. The maximum atomic E-state index is 12.8. The Morgan fingerprint density at radius 1 is 1.29 bits per heavy atom. The van der Waals surface area contributed by atoms with Gasteiger partial charge < -0.3 is 20.5 Å². The molecule has 0 aliphatic carbocycles. The van der Waals surface area contributed by atoms with Crippen LogP contribution >= 0.6 is 0 Å². The van der Waals surface area contributed by atoms with Gasteiger partial charge in [0.15, 0.2) is 9.84 Å². The molecule has 0 saturated carbocycles. The summed E-state index contributed by atoms with van der Waals surface area (Å²) in [5.41, 5.74) is -1.39. The number of carbonyl (C=O) groups excluding carboxylic acids is 1. The molecule has 1 aromatic heterocycles. The van der Waals surface area contributed by atoms with E-state index in [0.29, 0.717) is 0 Å². The average molecular weight is 497 g/mol. The average Bonchev–Trinajstić information content (AvgIpc) is 2.69. The van der Waals surface area contributed by atoms with Crippen LogP contribution in [0.3, 0.4) is 0 Å². The summed E-state index contributed by atoms with van der Waals surface area (Å²) in [7, 11) is -3.17. The summed E-state index contributed by atoms with van der Waals surface area (Å²) >= 11 is 0. The van der Waals surface area contributed by atoms with Crippen LogP contribution in [0.15, 0.2) is 36.5 Å². The fourth-order valence-corrected chi connectivity index (χ4v) is 5.55. The minimum atomic E-state index is -3.17. The predicted molar refractivity (Wildman–Crippen MR) is 123 cm³/mol. The second-order valence-corrected chi connectivity index (χ2v) is 11.2. The van der Waals surface area contributed by atoms with Crippen molar-refractivity contribution in [2.24, 2.45) is 0 Å². The van der Waals surface area contributed by atoms with Crippen molar-refractivity contribution in [2.45, 2.75) is 38.5 Å². The van der Waals surface area contributed by atoms with E-state index in [4.69, 9.17) is 5.41 Å². The summed E-state index contributed by atoms with van der Waals surface area (Å²) in [6, 6.07) is 7.03. The van der Waals surface area contributed by atoms with E-state index in [2.05, 4.69) is 20.4 Å². The number of alkyl halides is 2. The molecule has 0 spiro atoms. The lowest BCUT2D eigenvalue weighted by molar-refractivity contribution is -0.0498. The van der Waals surface area contributed by atoms with E-state index in [1.165, 1.54) is 36.5 Å². The van der Waals surface area contributed by atoms with Gasteiger partial charge in [0, 0.05) is 18.3 Å². The summed E-state index contributed by atoms with van der Waals surface area (Å²) in [6.45, 7) is 1.81. The number of carbonyl (C=O) groups is 1. The first-order valence-corrected chi connectivity index (χ1v) is 12.1. The molecule has 0 unspecified atom stereocenters. The second-order valence-electron chi connectivity index (χ2n) is 9.11. The van der Waals surface area contributed by atoms with E-state index in [9.17, 15) is 27.1 Å². The summed E-state index contributed by atoms with van der Waals surface area (Å²) in [5, 5.41) is 24.3.